The van der Waals surface area contributed by atoms with Gasteiger partial charge >= 0.3 is 0 Å². The average molecular weight is 222 g/mol. The first-order valence-corrected chi connectivity index (χ1v) is 4.64. The van der Waals surface area contributed by atoms with E-state index in [-0.39, 0.29) is 11.5 Å². The van der Waals surface area contributed by atoms with E-state index in [0.29, 0.717) is 5.82 Å². The van der Waals surface area contributed by atoms with Crippen LogP contribution in [0.1, 0.15) is 23.1 Å². The first-order chi connectivity index (χ1) is 7.70. The van der Waals surface area contributed by atoms with Crippen LogP contribution < -0.4 is 11.1 Å². The van der Waals surface area contributed by atoms with Crippen LogP contribution in [0, 0.1) is 0 Å². The molecule has 1 amide bonds. The van der Waals surface area contributed by atoms with E-state index >= 15 is 0 Å². The predicted octanol–water partition coefficient (Wildman–Crippen LogP) is 0.190. The van der Waals surface area contributed by atoms with Gasteiger partial charge in [0.15, 0.2) is 5.82 Å². The van der Waals surface area contributed by atoms with Gasteiger partial charge in [-0.3, -0.25) is 9.89 Å². The molecule has 0 aliphatic carbocycles. The first-order valence-electron chi connectivity index (χ1n) is 4.64. The van der Waals surface area contributed by atoms with Crippen molar-refractivity contribution in [1.29, 1.82) is 0 Å². The van der Waals surface area contributed by atoms with Gasteiger partial charge in [0.1, 0.15) is 0 Å². The second-order valence-corrected chi connectivity index (χ2v) is 3.08. The lowest BCUT2D eigenvalue weighted by molar-refractivity contribution is 0.101. The van der Waals surface area contributed by atoms with Crippen LogP contribution in [0.2, 0.25) is 0 Å². The molecule has 0 bridgehead atoms. The van der Waals surface area contributed by atoms with Crippen molar-refractivity contribution in [1.82, 2.24) is 20.5 Å². The number of nitrogens with zero attached hydrogens (tertiary/aromatic N) is 3. The van der Waals surface area contributed by atoms with E-state index in [1.54, 1.807) is 6.07 Å². The molecule has 0 atom stereocenters. The minimum absolute atomic E-state index is 0.0521. The zero-order chi connectivity index (χ0) is 11.5. The number of hydrogen-bond acceptors (Lipinski definition) is 6. The molecule has 4 N–H and O–H groups in total. The SMILES string of the molecule is CCc1cc(NC(=O)c2nonc2N)n[nH]1. The van der Waals surface area contributed by atoms with Crippen molar-refractivity contribution in [2.45, 2.75) is 13.3 Å². The number of amides is 1. The highest BCUT2D eigenvalue weighted by molar-refractivity contribution is 6.04. The van der Waals surface area contributed by atoms with Crippen LogP contribution in [-0.4, -0.2) is 26.4 Å². The number of nitrogens with two attached hydrogens (primary N) is 1. The number of hydrogen-bond donors (Lipinski definition) is 3. The van der Waals surface area contributed by atoms with Crippen LogP contribution in [0.5, 0.6) is 0 Å². The van der Waals surface area contributed by atoms with E-state index in [4.69, 9.17) is 5.73 Å². The molecule has 2 aromatic rings. The highest BCUT2D eigenvalue weighted by atomic mass is 16.6. The maximum absolute atomic E-state index is 11.6. The number of aryl methyl sites for hydroxylation is 1. The number of carbonyl (C=O) groups excluding carboxylic acids is 1. The molecule has 8 heteroatoms. The summed E-state index contributed by atoms with van der Waals surface area (Å²) >= 11 is 0. The van der Waals surface area contributed by atoms with Crippen LogP contribution in [0.3, 0.4) is 0 Å². The van der Waals surface area contributed by atoms with Crippen LogP contribution >= 0.6 is 0 Å². The largest absolute Gasteiger partial charge is 0.379 e. The molecule has 0 fully saturated rings. The summed E-state index contributed by atoms with van der Waals surface area (Å²) in [6.45, 7) is 1.97. The topological polar surface area (TPSA) is 123 Å². The Bertz CT molecular complexity index is 502. The summed E-state index contributed by atoms with van der Waals surface area (Å²) in [5, 5.41) is 15.9. The van der Waals surface area contributed by atoms with Gasteiger partial charge in [0, 0.05) is 11.8 Å². The Morgan fingerprint density at radius 3 is 3.00 bits per heavy atom. The number of aromatic nitrogens is 4. The fourth-order valence-electron chi connectivity index (χ4n) is 1.14. The Morgan fingerprint density at radius 2 is 2.44 bits per heavy atom. The zero-order valence-electron chi connectivity index (χ0n) is 8.52. The molecule has 2 heterocycles. The molecular formula is C8H10N6O2. The van der Waals surface area contributed by atoms with Gasteiger partial charge in [-0.05, 0) is 16.7 Å². The fraction of sp³-hybridized carbons (Fsp3) is 0.250. The highest BCUT2D eigenvalue weighted by Crippen LogP contribution is 2.10. The molecule has 0 aromatic carbocycles. The summed E-state index contributed by atoms with van der Waals surface area (Å²) in [6.07, 6.45) is 0.802. The number of anilines is 2. The molecule has 2 rings (SSSR count). The van der Waals surface area contributed by atoms with Crippen molar-refractivity contribution in [2.75, 3.05) is 11.1 Å². The molecule has 0 saturated heterocycles. The minimum atomic E-state index is -0.507. The van der Waals surface area contributed by atoms with E-state index < -0.39 is 5.91 Å². The van der Waals surface area contributed by atoms with Crippen molar-refractivity contribution in [3.63, 3.8) is 0 Å². The Labute approximate surface area is 90.2 Å². The lowest BCUT2D eigenvalue weighted by Gasteiger charge is -1.96. The Morgan fingerprint density at radius 1 is 1.62 bits per heavy atom. The van der Waals surface area contributed by atoms with Crippen molar-refractivity contribution in [2.24, 2.45) is 0 Å². The molecular weight excluding hydrogens is 212 g/mol. The van der Waals surface area contributed by atoms with Crippen LogP contribution in [0.25, 0.3) is 0 Å². The smallest absolute Gasteiger partial charge is 0.283 e. The average Bonchev–Trinajstić information content (AvgIpc) is 2.86. The minimum Gasteiger partial charge on any atom is -0.379 e. The standard InChI is InChI=1S/C8H10N6O2/c1-2-4-3-5(12-11-4)10-8(15)6-7(9)14-16-13-6/h3H,2H2,1H3,(H2,9,14)(H2,10,11,12,15). The third-order valence-electron chi connectivity index (χ3n) is 1.98. The molecule has 0 aliphatic rings. The van der Waals surface area contributed by atoms with E-state index in [9.17, 15) is 4.79 Å². The normalized spacial score (nSPS) is 10.3. The van der Waals surface area contributed by atoms with Crippen LogP contribution in [0.15, 0.2) is 10.7 Å². The third-order valence-corrected chi connectivity index (χ3v) is 1.98. The molecule has 0 radical (unpaired) electrons. The fourth-order valence-corrected chi connectivity index (χ4v) is 1.14. The Kier molecular flexibility index (Phi) is 2.54. The maximum Gasteiger partial charge on any atom is 0.283 e. The number of H-pyrrole nitrogens is 1. The summed E-state index contributed by atoms with van der Waals surface area (Å²) in [7, 11) is 0. The van der Waals surface area contributed by atoms with Crippen LogP contribution in [0.4, 0.5) is 11.6 Å². The zero-order valence-corrected chi connectivity index (χ0v) is 8.52. The molecule has 8 nitrogen and oxygen atoms in total. The van der Waals surface area contributed by atoms with E-state index in [1.807, 2.05) is 6.92 Å². The van der Waals surface area contributed by atoms with Gasteiger partial charge in [-0.15, -0.1) is 0 Å². The number of nitrogen functional groups attached to an aromatic ring is 1. The molecule has 0 unspecified atom stereocenters. The van der Waals surface area contributed by atoms with Gasteiger partial charge in [-0.1, -0.05) is 6.92 Å². The molecule has 0 aliphatic heterocycles. The Hall–Kier alpha value is -2.38. The maximum atomic E-state index is 11.6. The number of carbonyl (C=O) groups is 1. The van der Waals surface area contributed by atoms with Crippen molar-refractivity contribution in [3.05, 3.63) is 17.5 Å². The van der Waals surface area contributed by atoms with E-state index in [0.717, 1.165) is 12.1 Å². The van der Waals surface area contributed by atoms with Gasteiger partial charge in [0.05, 0.1) is 0 Å². The molecule has 84 valence electrons. The summed E-state index contributed by atoms with van der Waals surface area (Å²) in [5.41, 5.74) is 6.23. The molecule has 0 spiro atoms. The number of rotatable bonds is 3. The molecule has 2 aromatic heterocycles. The lowest BCUT2D eigenvalue weighted by Crippen LogP contribution is -2.14. The highest BCUT2D eigenvalue weighted by Gasteiger charge is 2.16. The number of nitrogens with one attached hydrogen (secondary N) is 2. The quantitative estimate of drug-likeness (QED) is 0.681. The van der Waals surface area contributed by atoms with Crippen molar-refractivity contribution in [3.8, 4) is 0 Å². The van der Waals surface area contributed by atoms with Gasteiger partial charge in [-0.2, -0.15) is 5.10 Å². The Balaban J connectivity index is 2.11. The second kappa shape index (κ2) is 4.01. The third kappa shape index (κ3) is 1.85. The van der Waals surface area contributed by atoms with E-state index in [1.165, 1.54) is 0 Å². The molecule has 16 heavy (non-hydrogen) atoms. The summed E-state index contributed by atoms with van der Waals surface area (Å²) in [6, 6.07) is 1.72. The second-order valence-electron chi connectivity index (χ2n) is 3.08. The van der Waals surface area contributed by atoms with Crippen LogP contribution in [-0.2, 0) is 6.42 Å². The molecule has 0 saturated carbocycles. The predicted molar refractivity (Wildman–Crippen MR) is 54.6 cm³/mol. The van der Waals surface area contributed by atoms with Gasteiger partial charge in [0.2, 0.25) is 11.5 Å². The lowest BCUT2D eigenvalue weighted by atomic mass is 10.3. The van der Waals surface area contributed by atoms with Crippen molar-refractivity contribution < 1.29 is 9.42 Å². The van der Waals surface area contributed by atoms with Gasteiger partial charge < -0.3 is 11.1 Å². The van der Waals surface area contributed by atoms with Gasteiger partial charge in [0.25, 0.3) is 5.91 Å². The van der Waals surface area contributed by atoms with E-state index in [2.05, 4.69) is 30.5 Å². The van der Waals surface area contributed by atoms with Gasteiger partial charge in [-0.25, -0.2) is 4.63 Å². The summed E-state index contributed by atoms with van der Waals surface area (Å²) in [5.74, 6) is -0.152. The summed E-state index contributed by atoms with van der Waals surface area (Å²) < 4.78 is 4.32. The van der Waals surface area contributed by atoms with Crippen molar-refractivity contribution >= 4 is 17.5 Å². The number of aromatic amines is 1. The summed E-state index contributed by atoms with van der Waals surface area (Å²) in [4.78, 5) is 11.6. The first kappa shape index (κ1) is 10.1. The monoisotopic (exact) mass is 222 g/mol.